The van der Waals surface area contributed by atoms with E-state index in [9.17, 15) is 9.90 Å². The Hall–Kier alpha value is -1.71. The minimum atomic E-state index is -0.617. The summed E-state index contributed by atoms with van der Waals surface area (Å²) < 4.78 is 11.4. The number of fused-ring (bicyclic) bond motifs is 1. The highest BCUT2D eigenvalue weighted by Gasteiger charge is 2.37. The van der Waals surface area contributed by atoms with Crippen LogP contribution in [0.4, 0.5) is 0 Å². The molecule has 21 heavy (non-hydrogen) atoms. The summed E-state index contributed by atoms with van der Waals surface area (Å²) >= 11 is 0. The molecule has 0 unspecified atom stereocenters. The lowest BCUT2D eigenvalue weighted by Gasteiger charge is -2.34. The first-order valence-corrected chi connectivity index (χ1v) is 7.32. The Bertz CT molecular complexity index is 579. The fourth-order valence-corrected chi connectivity index (χ4v) is 2.59. The second kappa shape index (κ2) is 4.93. The third-order valence-electron chi connectivity index (χ3n) is 3.57. The van der Waals surface area contributed by atoms with Gasteiger partial charge in [0.25, 0.3) is 0 Å². The summed E-state index contributed by atoms with van der Waals surface area (Å²) in [6.07, 6.45) is 0.303. The van der Waals surface area contributed by atoms with Crippen LogP contribution in [-0.2, 0) is 5.41 Å². The molecule has 116 valence electrons. The molecule has 0 saturated heterocycles. The zero-order chi connectivity index (χ0) is 16.0. The smallest absolute Gasteiger partial charge is 0.201 e. The normalized spacial score (nSPS) is 17.1. The van der Waals surface area contributed by atoms with Crippen LogP contribution in [0.3, 0.4) is 0 Å². The number of aromatic hydroxyl groups is 1. The summed E-state index contributed by atoms with van der Waals surface area (Å²) in [7, 11) is 0. The van der Waals surface area contributed by atoms with Gasteiger partial charge >= 0.3 is 0 Å². The summed E-state index contributed by atoms with van der Waals surface area (Å²) in [5.41, 5.74) is 0.399. The summed E-state index contributed by atoms with van der Waals surface area (Å²) in [5.74, 6) is 0.576. The van der Waals surface area contributed by atoms with Crippen LogP contribution < -0.4 is 9.47 Å². The van der Waals surface area contributed by atoms with Crippen LogP contribution in [0.1, 0.15) is 63.9 Å². The van der Waals surface area contributed by atoms with E-state index in [2.05, 4.69) is 0 Å². The first kappa shape index (κ1) is 15.7. The van der Waals surface area contributed by atoms with Crippen LogP contribution in [0.2, 0.25) is 0 Å². The minimum absolute atomic E-state index is 0.00917. The van der Waals surface area contributed by atoms with E-state index >= 15 is 0 Å². The number of hydrogen-bond donors (Lipinski definition) is 1. The fraction of sp³-hybridized carbons (Fsp3) is 0.588. The molecule has 0 aliphatic carbocycles. The van der Waals surface area contributed by atoms with E-state index in [-0.39, 0.29) is 22.7 Å². The number of carbonyl (C=O) groups is 1. The van der Waals surface area contributed by atoms with Crippen LogP contribution in [0, 0.1) is 0 Å². The quantitative estimate of drug-likeness (QED) is 0.900. The zero-order valence-electron chi connectivity index (χ0n) is 13.7. The number of carbonyl (C=O) groups excluding carboxylic acids is 1. The van der Waals surface area contributed by atoms with E-state index in [4.69, 9.17) is 9.47 Å². The van der Waals surface area contributed by atoms with Gasteiger partial charge in [-0.1, -0.05) is 20.8 Å². The number of hydrogen-bond acceptors (Lipinski definition) is 4. The van der Waals surface area contributed by atoms with Gasteiger partial charge in [0.15, 0.2) is 17.3 Å². The van der Waals surface area contributed by atoms with Crippen molar-refractivity contribution in [1.82, 2.24) is 0 Å². The van der Waals surface area contributed by atoms with Crippen LogP contribution in [-0.4, -0.2) is 23.1 Å². The van der Waals surface area contributed by atoms with Crippen molar-refractivity contribution in [1.29, 1.82) is 0 Å². The van der Waals surface area contributed by atoms with Crippen LogP contribution in [0.5, 0.6) is 17.2 Å². The summed E-state index contributed by atoms with van der Waals surface area (Å²) in [6, 6.07) is 1.80. The van der Waals surface area contributed by atoms with E-state index < -0.39 is 5.60 Å². The molecule has 1 aromatic rings. The van der Waals surface area contributed by atoms with Crippen molar-refractivity contribution in [2.24, 2.45) is 0 Å². The highest BCUT2D eigenvalue weighted by Crippen LogP contribution is 2.49. The number of phenolic OH excluding ortho intramolecular Hbond substituents is 1. The Kier molecular flexibility index (Phi) is 3.68. The van der Waals surface area contributed by atoms with Gasteiger partial charge < -0.3 is 14.6 Å². The molecule has 4 heteroatoms. The Morgan fingerprint density at radius 2 is 2.00 bits per heavy atom. The maximum absolute atomic E-state index is 12.4. The maximum Gasteiger partial charge on any atom is 0.201 e. The molecule has 1 aliphatic heterocycles. The molecular formula is C17H24O4. The highest BCUT2D eigenvalue weighted by atomic mass is 16.5. The summed E-state index contributed by atoms with van der Waals surface area (Å²) in [4.78, 5) is 12.4. The van der Waals surface area contributed by atoms with Gasteiger partial charge in [-0.25, -0.2) is 0 Å². The molecule has 0 spiro atoms. The van der Waals surface area contributed by atoms with Crippen molar-refractivity contribution in [3.63, 3.8) is 0 Å². The van der Waals surface area contributed by atoms with Crippen molar-refractivity contribution in [3.8, 4) is 17.2 Å². The third kappa shape index (κ3) is 2.85. The standard InChI is InChI=1S/C17H24O4/c1-7-20-15-11(16(2,3)4)8-10-12(18)9-17(5,6)21-14(10)13(15)19/h8,19H,7,9H2,1-6H3. The van der Waals surface area contributed by atoms with Gasteiger partial charge in [-0.15, -0.1) is 0 Å². The Labute approximate surface area is 126 Å². The molecule has 0 aromatic heterocycles. The van der Waals surface area contributed by atoms with E-state index in [0.717, 1.165) is 5.56 Å². The van der Waals surface area contributed by atoms with Gasteiger partial charge in [0.2, 0.25) is 5.75 Å². The minimum Gasteiger partial charge on any atom is -0.502 e. The van der Waals surface area contributed by atoms with Crippen molar-refractivity contribution in [3.05, 3.63) is 17.2 Å². The summed E-state index contributed by atoms with van der Waals surface area (Å²) in [6.45, 7) is 12.0. The maximum atomic E-state index is 12.4. The van der Waals surface area contributed by atoms with Gasteiger partial charge in [-0.2, -0.15) is 0 Å². The van der Waals surface area contributed by atoms with Crippen molar-refractivity contribution >= 4 is 5.78 Å². The number of benzene rings is 1. The topological polar surface area (TPSA) is 55.8 Å². The van der Waals surface area contributed by atoms with Gasteiger partial charge in [0.1, 0.15) is 5.60 Å². The molecule has 1 heterocycles. The van der Waals surface area contributed by atoms with Crippen LogP contribution in [0.25, 0.3) is 0 Å². The Morgan fingerprint density at radius 3 is 2.52 bits per heavy atom. The predicted molar refractivity (Wildman–Crippen MR) is 81.6 cm³/mol. The molecule has 1 N–H and O–H groups in total. The van der Waals surface area contributed by atoms with Crippen LogP contribution >= 0.6 is 0 Å². The lowest BCUT2D eigenvalue weighted by molar-refractivity contribution is 0.0597. The molecule has 0 radical (unpaired) electrons. The molecule has 0 saturated carbocycles. The second-order valence-corrected chi connectivity index (χ2v) is 7.12. The van der Waals surface area contributed by atoms with Crippen molar-refractivity contribution in [2.45, 2.75) is 59.0 Å². The number of Topliss-reactive ketones (excluding diaryl/α,β-unsaturated/α-hetero) is 1. The highest BCUT2D eigenvalue weighted by molar-refractivity contribution is 6.02. The zero-order valence-corrected chi connectivity index (χ0v) is 13.7. The third-order valence-corrected chi connectivity index (χ3v) is 3.57. The van der Waals surface area contributed by atoms with Crippen molar-refractivity contribution in [2.75, 3.05) is 6.61 Å². The molecule has 2 rings (SSSR count). The second-order valence-electron chi connectivity index (χ2n) is 7.12. The van der Waals surface area contributed by atoms with Crippen LogP contribution in [0.15, 0.2) is 6.07 Å². The predicted octanol–water partition coefficient (Wildman–Crippen LogP) is 3.83. The van der Waals surface area contributed by atoms with Crippen molar-refractivity contribution < 1.29 is 19.4 Å². The average molecular weight is 292 g/mol. The first-order chi connectivity index (χ1) is 9.57. The molecule has 1 aromatic carbocycles. The molecule has 4 nitrogen and oxygen atoms in total. The molecule has 0 atom stereocenters. The van der Waals surface area contributed by atoms with Gasteiger partial charge in [0.05, 0.1) is 18.6 Å². The van der Waals surface area contributed by atoms with E-state index in [1.165, 1.54) is 0 Å². The SMILES string of the molecule is CCOc1c(C(C)(C)C)cc2c(c1O)OC(C)(C)CC2=O. The van der Waals surface area contributed by atoms with Gasteiger partial charge in [-0.3, -0.25) is 4.79 Å². The number of rotatable bonds is 2. The van der Waals surface area contributed by atoms with Gasteiger partial charge in [-0.05, 0) is 32.3 Å². The molecule has 1 aliphatic rings. The summed E-state index contributed by atoms with van der Waals surface area (Å²) in [5, 5.41) is 10.6. The fourth-order valence-electron chi connectivity index (χ4n) is 2.59. The van der Waals surface area contributed by atoms with E-state index in [1.807, 2.05) is 41.5 Å². The average Bonchev–Trinajstić information content (AvgIpc) is 2.31. The largest absolute Gasteiger partial charge is 0.502 e. The number of ether oxygens (including phenoxy) is 2. The molecule has 0 amide bonds. The van der Waals surface area contributed by atoms with E-state index in [1.54, 1.807) is 6.07 Å². The van der Waals surface area contributed by atoms with Gasteiger partial charge in [0, 0.05) is 5.56 Å². The Balaban J connectivity index is 2.71. The Morgan fingerprint density at radius 1 is 1.38 bits per heavy atom. The number of phenols is 1. The lowest BCUT2D eigenvalue weighted by Crippen LogP contribution is -2.36. The molecule has 0 fully saturated rings. The molecular weight excluding hydrogens is 268 g/mol. The molecule has 0 bridgehead atoms. The first-order valence-electron chi connectivity index (χ1n) is 7.32. The lowest BCUT2D eigenvalue weighted by atomic mass is 9.82. The number of ketones is 1. The monoisotopic (exact) mass is 292 g/mol. The van der Waals surface area contributed by atoms with E-state index in [0.29, 0.717) is 24.3 Å².